The van der Waals surface area contributed by atoms with Crippen LogP contribution in [0, 0.1) is 5.92 Å². The molecule has 12 nitrogen and oxygen atoms in total. The topological polar surface area (TPSA) is 179 Å². The quantitative estimate of drug-likeness (QED) is 0.227. The second-order valence-corrected chi connectivity index (χ2v) is 10.7. The average Bonchev–Trinajstić information content (AvgIpc) is 3.53. The van der Waals surface area contributed by atoms with E-state index in [4.69, 9.17) is 5.73 Å². The summed E-state index contributed by atoms with van der Waals surface area (Å²) in [6, 6.07) is 7.51. The second-order valence-electron chi connectivity index (χ2n) is 10.7. The maximum Gasteiger partial charge on any atom is 0.320 e. The Bertz CT molecular complexity index is 1420. The third-order valence-corrected chi connectivity index (χ3v) is 7.30. The van der Waals surface area contributed by atoms with Crippen LogP contribution in [0.2, 0.25) is 0 Å². The minimum atomic E-state index is -1.25. The van der Waals surface area contributed by atoms with Crippen LogP contribution < -0.4 is 11.1 Å². The molecule has 3 atom stereocenters. The highest BCUT2D eigenvalue weighted by Crippen LogP contribution is 2.28. The Morgan fingerprint density at radius 3 is 2.17 bits per heavy atom. The highest BCUT2D eigenvalue weighted by Gasteiger charge is 2.38. The number of carbonyl (C=O) groups is 5. The number of H-pyrrole nitrogens is 1. The molecule has 1 aromatic heterocycles. The van der Waals surface area contributed by atoms with Gasteiger partial charge in [-0.15, -0.1) is 0 Å². The number of likely N-dealkylation sites (N-methyl/N-ethyl adjacent to an activating group) is 1. The van der Waals surface area contributed by atoms with Crippen molar-refractivity contribution in [3.8, 4) is 0 Å². The van der Waals surface area contributed by atoms with Gasteiger partial charge in [-0.05, 0) is 41.7 Å². The van der Waals surface area contributed by atoms with Crippen molar-refractivity contribution in [3.63, 3.8) is 0 Å². The predicted molar refractivity (Wildman–Crippen MR) is 150 cm³/mol. The molecule has 0 bridgehead atoms. The van der Waals surface area contributed by atoms with Crippen molar-refractivity contribution in [2.45, 2.75) is 51.2 Å². The third-order valence-electron chi connectivity index (χ3n) is 7.30. The van der Waals surface area contributed by atoms with Crippen molar-refractivity contribution in [2.75, 3.05) is 13.6 Å². The molecule has 3 aromatic rings. The van der Waals surface area contributed by atoms with Crippen molar-refractivity contribution in [3.05, 3.63) is 65.7 Å². The van der Waals surface area contributed by atoms with E-state index >= 15 is 0 Å². The number of benzene rings is 2. The van der Waals surface area contributed by atoms with Gasteiger partial charge in [-0.25, -0.2) is 4.98 Å². The highest BCUT2D eigenvalue weighted by molar-refractivity contribution is 6.23. The molecular formula is C29H34N6O6. The molecule has 5 N–H and O–H groups in total. The molecule has 41 heavy (non-hydrogen) atoms. The summed E-state index contributed by atoms with van der Waals surface area (Å²) >= 11 is 0. The number of aromatic nitrogens is 2. The summed E-state index contributed by atoms with van der Waals surface area (Å²) in [5.74, 6) is -3.42. The Labute approximate surface area is 236 Å². The molecule has 0 fully saturated rings. The molecule has 2 heterocycles. The smallest absolute Gasteiger partial charge is 0.320 e. The first-order valence-electron chi connectivity index (χ1n) is 13.4. The second kappa shape index (κ2) is 12.3. The zero-order valence-corrected chi connectivity index (χ0v) is 23.2. The first-order valence-corrected chi connectivity index (χ1v) is 13.4. The lowest BCUT2D eigenvalue weighted by Crippen LogP contribution is -2.56. The van der Waals surface area contributed by atoms with Gasteiger partial charge < -0.3 is 20.7 Å². The largest absolute Gasteiger partial charge is 0.480 e. The maximum atomic E-state index is 13.6. The summed E-state index contributed by atoms with van der Waals surface area (Å²) in [6.45, 7) is 3.61. The van der Waals surface area contributed by atoms with Crippen molar-refractivity contribution in [2.24, 2.45) is 11.7 Å². The van der Waals surface area contributed by atoms with Crippen LogP contribution in [0.5, 0.6) is 0 Å². The van der Waals surface area contributed by atoms with E-state index in [1.54, 1.807) is 12.1 Å². The zero-order valence-electron chi connectivity index (χ0n) is 23.2. The number of imidazole rings is 1. The van der Waals surface area contributed by atoms with Crippen molar-refractivity contribution >= 4 is 40.4 Å². The molecule has 0 saturated heterocycles. The van der Waals surface area contributed by atoms with Crippen LogP contribution in [-0.4, -0.2) is 86.2 Å². The summed E-state index contributed by atoms with van der Waals surface area (Å²) < 4.78 is 0. The number of hydrogen-bond donors (Lipinski definition) is 4. The van der Waals surface area contributed by atoms with Gasteiger partial charge in [0, 0.05) is 31.9 Å². The predicted octanol–water partition coefficient (Wildman–Crippen LogP) is 1.56. The summed E-state index contributed by atoms with van der Waals surface area (Å²) in [5.41, 5.74) is 6.77. The Balaban J connectivity index is 1.49. The number of nitrogens with one attached hydrogen (secondary N) is 2. The number of hydrogen-bond acceptors (Lipinski definition) is 7. The number of aromatic amines is 1. The molecule has 4 rings (SSSR count). The number of primary amides is 1. The minimum Gasteiger partial charge on any atom is -0.480 e. The normalized spacial score (nSPS) is 15.2. The Morgan fingerprint density at radius 1 is 1.07 bits per heavy atom. The molecule has 0 spiro atoms. The molecule has 4 amide bonds. The lowest BCUT2D eigenvalue weighted by Gasteiger charge is -2.32. The van der Waals surface area contributed by atoms with Crippen molar-refractivity contribution < 1.29 is 29.1 Å². The lowest BCUT2D eigenvalue weighted by molar-refractivity contribution is -0.143. The monoisotopic (exact) mass is 562 g/mol. The molecule has 0 aliphatic carbocycles. The Hall–Kier alpha value is -4.58. The van der Waals surface area contributed by atoms with E-state index in [2.05, 4.69) is 15.3 Å². The zero-order chi connectivity index (χ0) is 29.8. The fraction of sp³-hybridized carbons (Fsp3) is 0.379. The van der Waals surface area contributed by atoms with Gasteiger partial charge in [0.05, 0.1) is 23.5 Å². The van der Waals surface area contributed by atoms with Crippen LogP contribution in [0.4, 0.5) is 0 Å². The number of carbonyl (C=O) groups excluding carboxylic acids is 4. The molecule has 12 heteroatoms. The van der Waals surface area contributed by atoms with Gasteiger partial charge in [-0.3, -0.25) is 34.2 Å². The SMILES string of the molecule is CC(C)C[C@H](N[C@H](CCN1C(=O)c2cc3ccccc3cc2C1=O)C(=O)O)C(=O)N(C)[C@@H](Cc1cnc[nH]1)C(N)=O. The van der Waals surface area contributed by atoms with E-state index < -0.39 is 47.7 Å². The number of nitrogens with zero attached hydrogens (tertiary/aromatic N) is 3. The molecule has 0 radical (unpaired) electrons. The summed E-state index contributed by atoms with van der Waals surface area (Å²) in [7, 11) is 1.45. The summed E-state index contributed by atoms with van der Waals surface area (Å²) in [4.78, 5) is 73.3. The molecular weight excluding hydrogens is 528 g/mol. The van der Waals surface area contributed by atoms with Crippen LogP contribution in [0.25, 0.3) is 10.8 Å². The molecule has 1 aliphatic rings. The van der Waals surface area contributed by atoms with E-state index in [0.717, 1.165) is 15.7 Å². The molecule has 1 aliphatic heterocycles. The van der Waals surface area contributed by atoms with E-state index in [-0.39, 0.29) is 42.9 Å². The van der Waals surface area contributed by atoms with Crippen LogP contribution >= 0.6 is 0 Å². The first-order chi connectivity index (χ1) is 19.5. The summed E-state index contributed by atoms with van der Waals surface area (Å²) in [5, 5.41) is 14.5. The van der Waals surface area contributed by atoms with Gasteiger partial charge in [0.15, 0.2) is 0 Å². The molecule has 216 valence electrons. The van der Waals surface area contributed by atoms with Gasteiger partial charge in [-0.2, -0.15) is 0 Å². The van der Waals surface area contributed by atoms with Gasteiger partial charge in [-0.1, -0.05) is 38.1 Å². The lowest BCUT2D eigenvalue weighted by atomic mass is 9.99. The number of amides is 4. The third kappa shape index (κ3) is 6.43. The van der Waals surface area contributed by atoms with E-state index in [0.29, 0.717) is 5.69 Å². The van der Waals surface area contributed by atoms with Crippen molar-refractivity contribution in [1.82, 2.24) is 25.1 Å². The van der Waals surface area contributed by atoms with E-state index in [9.17, 15) is 29.1 Å². The van der Waals surface area contributed by atoms with E-state index in [1.807, 2.05) is 38.1 Å². The average molecular weight is 563 g/mol. The minimum absolute atomic E-state index is 0.00398. The fourth-order valence-corrected chi connectivity index (χ4v) is 5.10. The molecule has 0 unspecified atom stereocenters. The van der Waals surface area contributed by atoms with Crippen LogP contribution in [0.1, 0.15) is 53.1 Å². The highest BCUT2D eigenvalue weighted by atomic mass is 16.4. The number of fused-ring (bicyclic) bond motifs is 2. The number of imide groups is 1. The Morgan fingerprint density at radius 2 is 1.68 bits per heavy atom. The first kappa shape index (κ1) is 29.4. The van der Waals surface area contributed by atoms with Gasteiger partial charge in [0.1, 0.15) is 12.1 Å². The van der Waals surface area contributed by atoms with Crippen molar-refractivity contribution in [1.29, 1.82) is 0 Å². The van der Waals surface area contributed by atoms with E-state index in [1.165, 1.54) is 24.5 Å². The molecule has 0 saturated carbocycles. The van der Waals surface area contributed by atoms with Crippen LogP contribution in [0.15, 0.2) is 48.9 Å². The van der Waals surface area contributed by atoms with Gasteiger partial charge in [0.2, 0.25) is 11.8 Å². The number of carboxylic acids is 1. The van der Waals surface area contributed by atoms with Gasteiger partial charge >= 0.3 is 5.97 Å². The number of rotatable bonds is 13. The number of carboxylic acid groups (broad SMARTS) is 1. The number of aliphatic carboxylic acids is 1. The number of nitrogens with two attached hydrogens (primary N) is 1. The summed E-state index contributed by atoms with van der Waals surface area (Å²) in [6.07, 6.45) is 3.25. The standard InChI is InChI=1S/C29H34N6O6/c1-16(2)10-23(28(39)34(3)24(25(30)36)13-19-14-31-15-32-19)33-22(29(40)41)8-9-35-26(37)20-11-17-6-4-5-7-18(17)12-21(20)27(35)38/h4-7,11-12,14-16,22-24,33H,8-10,13H2,1-3H3,(H2,30,36)(H,31,32)(H,40,41)/t22-,23+,24+/m1/s1. The molecule has 2 aromatic carbocycles. The van der Waals surface area contributed by atoms with Crippen LogP contribution in [0.3, 0.4) is 0 Å². The van der Waals surface area contributed by atoms with Crippen LogP contribution in [-0.2, 0) is 20.8 Å². The Kier molecular flexibility index (Phi) is 8.82. The fourth-order valence-electron chi connectivity index (χ4n) is 5.10. The maximum absolute atomic E-state index is 13.6. The van der Waals surface area contributed by atoms with Gasteiger partial charge in [0.25, 0.3) is 11.8 Å².